The fourth-order valence-electron chi connectivity index (χ4n) is 2.60. The van der Waals surface area contributed by atoms with Crippen LogP contribution < -0.4 is 0 Å². The van der Waals surface area contributed by atoms with Crippen molar-refractivity contribution in [3.8, 4) is 0 Å². The quantitative estimate of drug-likeness (QED) is 0.909. The Morgan fingerprint density at radius 2 is 2.00 bits per heavy atom. The molecule has 0 unspecified atom stereocenters. The second-order valence-corrected chi connectivity index (χ2v) is 6.35. The van der Waals surface area contributed by atoms with Gasteiger partial charge in [-0.05, 0) is 43.9 Å². The average Bonchev–Trinajstić information content (AvgIpc) is 2.85. The summed E-state index contributed by atoms with van der Waals surface area (Å²) in [5, 5.41) is 9.88. The lowest BCUT2D eigenvalue weighted by molar-refractivity contribution is -0.147. The molecule has 1 aromatic rings. The highest BCUT2D eigenvalue weighted by molar-refractivity contribution is 6.30. The number of hydrogen-bond acceptors (Lipinski definition) is 2. The number of carboxylic acid groups (broad SMARTS) is 1. The van der Waals surface area contributed by atoms with Gasteiger partial charge in [0.2, 0.25) is 5.91 Å². The van der Waals surface area contributed by atoms with Crippen molar-refractivity contribution in [3.63, 3.8) is 0 Å². The Kier molecular flexibility index (Phi) is 4.88. The summed E-state index contributed by atoms with van der Waals surface area (Å²) in [7, 11) is 0. The third-order valence-electron chi connectivity index (χ3n) is 4.11. The van der Waals surface area contributed by atoms with Crippen molar-refractivity contribution < 1.29 is 14.7 Å². The van der Waals surface area contributed by atoms with E-state index in [0.29, 0.717) is 31.0 Å². The normalized spacial score (nSPS) is 21.5. The molecule has 1 N–H and O–H groups in total. The largest absolute Gasteiger partial charge is 0.481 e. The summed E-state index contributed by atoms with van der Waals surface area (Å²) in [5.41, 5.74) is 0.371. The molecule has 1 atom stereocenters. The monoisotopic (exact) mass is 309 g/mol. The van der Waals surface area contributed by atoms with E-state index in [4.69, 9.17) is 11.6 Å². The van der Waals surface area contributed by atoms with Crippen molar-refractivity contribution in [2.24, 2.45) is 5.41 Å². The van der Waals surface area contributed by atoms with E-state index in [2.05, 4.69) is 0 Å². The van der Waals surface area contributed by atoms with Crippen LogP contribution >= 0.6 is 11.6 Å². The van der Waals surface area contributed by atoms with E-state index in [9.17, 15) is 14.7 Å². The number of hydrogen-bond donors (Lipinski definition) is 1. The van der Waals surface area contributed by atoms with Gasteiger partial charge in [0.05, 0.1) is 5.41 Å². The smallest absolute Gasteiger partial charge is 0.311 e. The van der Waals surface area contributed by atoms with Crippen LogP contribution in [-0.2, 0) is 16.0 Å². The third kappa shape index (κ3) is 3.97. The summed E-state index contributed by atoms with van der Waals surface area (Å²) >= 11 is 5.83. The van der Waals surface area contributed by atoms with Crippen LogP contribution in [0.3, 0.4) is 0 Å². The van der Waals surface area contributed by atoms with Crippen LogP contribution in [0.25, 0.3) is 0 Å². The zero-order valence-electron chi connectivity index (χ0n) is 12.1. The number of carbonyl (C=O) groups is 2. The van der Waals surface area contributed by atoms with E-state index >= 15 is 0 Å². The molecule has 0 radical (unpaired) electrons. The minimum absolute atomic E-state index is 0.0499. The first-order valence-corrected chi connectivity index (χ1v) is 7.54. The van der Waals surface area contributed by atoms with Gasteiger partial charge in [0, 0.05) is 24.5 Å². The predicted octanol–water partition coefficient (Wildman–Crippen LogP) is 2.99. The number of carboxylic acids is 1. The lowest BCUT2D eigenvalue weighted by Crippen LogP contribution is -2.34. The summed E-state index contributed by atoms with van der Waals surface area (Å²) < 4.78 is 0. The molecule has 114 valence electrons. The lowest BCUT2D eigenvalue weighted by Gasteiger charge is -2.20. The molecule has 1 saturated heterocycles. The van der Waals surface area contributed by atoms with Crippen molar-refractivity contribution in [3.05, 3.63) is 34.9 Å². The van der Waals surface area contributed by atoms with Gasteiger partial charge in [-0.1, -0.05) is 23.7 Å². The molecule has 5 heteroatoms. The highest BCUT2D eigenvalue weighted by Gasteiger charge is 2.41. The summed E-state index contributed by atoms with van der Waals surface area (Å²) in [6, 6.07) is 7.61. The van der Waals surface area contributed by atoms with E-state index in [0.717, 1.165) is 18.4 Å². The molecule has 0 saturated carbocycles. The minimum Gasteiger partial charge on any atom is -0.481 e. The maximum absolute atomic E-state index is 12.1. The molecule has 0 aromatic heterocycles. The first kappa shape index (κ1) is 15.8. The molecular weight excluding hydrogens is 290 g/mol. The molecule has 1 amide bonds. The molecule has 1 heterocycles. The molecular formula is C16H20ClNO3. The van der Waals surface area contributed by atoms with Gasteiger partial charge in [0.1, 0.15) is 0 Å². The Bertz CT molecular complexity index is 529. The van der Waals surface area contributed by atoms with Crippen molar-refractivity contribution in [1.29, 1.82) is 0 Å². The van der Waals surface area contributed by atoms with Crippen LogP contribution in [0.1, 0.15) is 31.7 Å². The van der Waals surface area contributed by atoms with E-state index in [-0.39, 0.29) is 5.91 Å². The molecule has 4 nitrogen and oxygen atoms in total. The maximum Gasteiger partial charge on any atom is 0.311 e. The number of aliphatic carboxylic acids is 1. The fourth-order valence-corrected chi connectivity index (χ4v) is 2.73. The molecule has 2 rings (SSSR count). The Hall–Kier alpha value is -1.55. The van der Waals surface area contributed by atoms with Crippen molar-refractivity contribution >= 4 is 23.5 Å². The number of halogens is 1. The SMILES string of the molecule is C[C@]1(C(=O)O)CCN(C(=O)CCCc2ccc(Cl)cc2)C1. The number of aryl methyl sites for hydroxylation is 1. The van der Waals surface area contributed by atoms with Crippen molar-refractivity contribution in [2.45, 2.75) is 32.6 Å². The van der Waals surface area contributed by atoms with E-state index in [1.54, 1.807) is 11.8 Å². The van der Waals surface area contributed by atoms with Gasteiger partial charge in [0.25, 0.3) is 0 Å². The standard InChI is InChI=1S/C16H20ClNO3/c1-16(15(20)21)9-10-18(11-16)14(19)4-2-3-12-5-7-13(17)8-6-12/h5-8H,2-4,9-11H2,1H3,(H,20,21)/t16-/m0/s1. The topological polar surface area (TPSA) is 57.6 Å². The van der Waals surface area contributed by atoms with E-state index in [1.165, 1.54) is 0 Å². The number of amides is 1. The molecule has 1 aliphatic heterocycles. The van der Waals surface area contributed by atoms with Gasteiger partial charge in [0.15, 0.2) is 0 Å². The first-order chi connectivity index (χ1) is 9.90. The zero-order chi connectivity index (χ0) is 15.5. The van der Waals surface area contributed by atoms with Gasteiger partial charge in [-0.25, -0.2) is 0 Å². The highest BCUT2D eigenvalue weighted by Crippen LogP contribution is 2.30. The first-order valence-electron chi connectivity index (χ1n) is 7.16. The summed E-state index contributed by atoms with van der Waals surface area (Å²) in [6.45, 7) is 2.57. The van der Waals surface area contributed by atoms with Crippen LogP contribution in [0.5, 0.6) is 0 Å². The Labute approximate surface area is 129 Å². The van der Waals surface area contributed by atoms with Crippen LogP contribution in [0.2, 0.25) is 5.02 Å². The summed E-state index contributed by atoms with van der Waals surface area (Å²) in [4.78, 5) is 25.0. The van der Waals surface area contributed by atoms with Gasteiger partial charge >= 0.3 is 5.97 Å². The molecule has 1 aromatic carbocycles. The summed E-state index contributed by atoms with van der Waals surface area (Å²) in [6.07, 6.45) is 2.58. The van der Waals surface area contributed by atoms with Gasteiger partial charge in [-0.2, -0.15) is 0 Å². The number of rotatable bonds is 5. The Morgan fingerprint density at radius 3 is 2.57 bits per heavy atom. The molecule has 21 heavy (non-hydrogen) atoms. The number of likely N-dealkylation sites (tertiary alicyclic amines) is 1. The highest BCUT2D eigenvalue weighted by atomic mass is 35.5. The van der Waals surface area contributed by atoms with Crippen molar-refractivity contribution in [1.82, 2.24) is 4.90 Å². The van der Waals surface area contributed by atoms with E-state index in [1.807, 2.05) is 24.3 Å². The van der Waals surface area contributed by atoms with Crippen LogP contribution in [-0.4, -0.2) is 35.0 Å². The van der Waals surface area contributed by atoms with Gasteiger partial charge in [-0.3, -0.25) is 9.59 Å². The second kappa shape index (κ2) is 6.48. The van der Waals surface area contributed by atoms with Gasteiger partial charge in [-0.15, -0.1) is 0 Å². The van der Waals surface area contributed by atoms with Crippen LogP contribution in [0, 0.1) is 5.41 Å². The molecule has 0 bridgehead atoms. The third-order valence-corrected chi connectivity index (χ3v) is 4.36. The zero-order valence-corrected chi connectivity index (χ0v) is 12.9. The average molecular weight is 310 g/mol. The van der Waals surface area contributed by atoms with E-state index < -0.39 is 11.4 Å². The Balaban J connectivity index is 1.78. The molecule has 0 spiro atoms. The predicted molar refractivity (Wildman–Crippen MR) is 81.3 cm³/mol. The fraction of sp³-hybridized carbons (Fsp3) is 0.500. The Morgan fingerprint density at radius 1 is 1.33 bits per heavy atom. The van der Waals surface area contributed by atoms with Gasteiger partial charge < -0.3 is 10.0 Å². The summed E-state index contributed by atoms with van der Waals surface area (Å²) in [5.74, 6) is -0.770. The van der Waals surface area contributed by atoms with Crippen molar-refractivity contribution in [2.75, 3.05) is 13.1 Å². The molecule has 0 aliphatic carbocycles. The number of benzene rings is 1. The maximum atomic E-state index is 12.1. The lowest BCUT2D eigenvalue weighted by atomic mass is 9.90. The molecule has 1 aliphatic rings. The van der Waals surface area contributed by atoms with Crippen LogP contribution in [0.4, 0.5) is 0 Å². The molecule has 1 fully saturated rings. The number of nitrogens with zero attached hydrogens (tertiary/aromatic N) is 1. The number of carbonyl (C=O) groups excluding carboxylic acids is 1. The minimum atomic E-state index is -0.820. The van der Waals surface area contributed by atoms with Crippen LogP contribution in [0.15, 0.2) is 24.3 Å². The second-order valence-electron chi connectivity index (χ2n) is 5.91.